The summed E-state index contributed by atoms with van der Waals surface area (Å²) in [5.41, 5.74) is 0.319. The molecule has 2 N–H and O–H groups in total. The van der Waals surface area contributed by atoms with Crippen LogP contribution in [0.5, 0.6) is 0 Å². The Morgan fingerprint density at radius 1 is 1.28 bits per heavy atom. The number of nitro benzene ring substituents is 1. The van der Waals surface area contributed by atoms with Crippen LogP contribution >= 0.6 is 0 Å². The summed E-state index contributed by atoms with van der Waals surface area (Å²) in [6, 6.07) is 3.35. The second-order valence-electron chi connectivity index (χ2n) is 7.01. The lowest BCUT2D eigenvalue weighted by atomic mass is 9.98. The first-order valence-electron chi connectivity index (χ1n) is 9.60. The SMILES string of the molecule is CCCNC(=O)NC(=O)COC(=O)c1cc([N+](=O)[O-])ccc1N1CCC(C)CC1. The molecular formula is C19H26N4O6. The standard InChI is InChI=1S/C19H26N4O6/c1-3-8-20-19(26)21-17(24)12-29-18(25)15-11-14(23(27)28)4-5-16(15)22-9-6-13(2)7-10-22/h4-5,11,13H,3,6-10,12H2,1-2H3,(H2,20,21,24,26). The van der Waals surface area contributed by atoms with E-state index in [2.05, 4.69) is 12.2 Å². The van der Waals surface area contributed by atoms with Gasteiger partial charge in [-0.2, -0.15) is 0 Å². The van der Waals surface area contributed by atoms with Crippen LogP contribution in [-0.4, -0.2) is 49.1 Å². The highest BCUT2D eigenvalue weighted by atomic mass is 16.6. The first kappa shape index (κ1) is 22.1. The third-order valence-corrected chi connectivity index (χ3v) is 4.66. The number of benzene rings is 1. The molecule has 1 aromatic carbocycles. The van der Waals surface area contributed by atoms with Crippen LogP contribution in [0.1, 0.15) is 43.5 Å². The Bertz CT molecular complexity index is 774. The highest BCUT2D eigenvalue weighted by molar-refractivity contribution is 5.99. The van der Waals surface area contributed by atoms with Gasteiger partial charge in [0.2, 0.25) is 0 Å². The first-order chi connectivity index (χ1) is 13.8. The van der Waals surface area contributed by atoms with Crippen molar-refractivity contribution in [2.75, 3.05) is 31.1 Å². The Hall–Kier alpha value is -3.17. The van der Waals surface area contributed by atoms with Gasteiger partial charge in [0.1, 0.15) is 0 Å². The molecular weight excluding hydrogens is 380 g/mol. The van der Waals surface area contributed by atoms with Gasteiger partial charge in [0, 0.05) is 31.8 Å². The molecule has 10 nitrogen and oxygen atoms in total. The van der Waals surface area contributed by atoms with Gasteiger partial charge in [-0.1, -0.05) is 13.8 Å². The van der Waals surface area contributed by atoms with Crippen molar-refractivity contribution in [2.45, 2.75) is 33.1 Å². The normalized spacial score (nSPS) is 14.2. The molecule has 0 bridgehead atoms. The summed E-state index contributed by atoms with van der Waals surface area (Å²) < 4.78 is 5.00. The van der Waals surface area contributed by atoms with E-state index in [0.717, 1.165) is 32.0 Å². The van der Waals surface area contributed by atoms with Crippen molar-refractivity contribution < 1.29 is 24.0 Å². The second kappa shape index (κ2) is 10.4. The Morgan fingerprint density at radius 3 is 2.59 bits per heavy atom. The highest BCUT2D eigenvalue weighted by Gasteiger charge is 2.25. The van der Waals surface area contributed by atoms with Crippen molar-refractivity contribution in [3.05, 3.63) is 33.9 Å². The molecule has 0 radical (unpaired) electrons. The van der Waals surface area contributed by atoms with Crippen LogP contribution < -0.4 is 15.5 Å². The number of amides is 3. The third kappa shape index (κ3) is 6.44. The average Bonchev–Trinajstić information content (AvgIpc) is 2.70. The van der Waals surface area contributed by atoms with Crippen molar-refractivity contribution in [3.63, 3.8) is 0 Å². The zero-order valence-electron chi connectivity index (χ0n) is 16.6. The number of nitrogens with zero attached hydrogens (tertiary/aromatic N) is 2. The van der Waals surface area contributed by atoms with E-state index >= 15 is 0 Å². The number of urea groups is 1. The summed E-state index contributed by atoms with van der Waals surface area (Å²) in [6.07, 6.45) is 2.60. The van der Waals surface area contributed by atoms with Crippen molar-refractivity contribution in [1.29, 1.82) is 0 Å². The smallest absolute Gasteiger partial charge is 0.341 e. The van der Waals surface area contributed by atoms with E-state index in [1.165, 1.54) is 12.1 Å². The van der Waals surface area contributed by atoms with Crippen molar-refractivity contribution >= 4 is 29.3 Å². The number of non-ortho nitro benzene ring substituents is 1. The van der Waals surface area contributed by atoms with E-state index < -0.39 is 29.4 Å². The number of piperidine rings is 1. The number of nitro groups is 1. The maximum absolute atomic E-state index is 12.6. The van der Waals surface area contributed by atoms with Crippen molar-refractivity contribution in [1.82, 2.24) is 10.6 Å². The number of nitrogens with one attached hydrogen (secondary N) is 2. The third-order valence-electron chi connectivity index (χ3n) is 4.66. The molecule has 0 saturated carbocycles. The molecule has 2 rings (SSSR count). The van der Waals surface area contributed by atoms with E-state index in [1.54, 1.807) is 0 Å². The molecule has 1 fully saturated rings. The lowest BCUT2D eigenvalue weighted by Crippen LogP contribution is -2.41. The summed E-state index contributed by atoms with van der Waals surface area (Å²) in [4.78, 5) is 48.3. The minimum absolute atomic E-state index is 0.0250. The number of carbonyl (C=O) groups is 3. The fraction of sp³-hybridized carbons (Fsp3) is 0.526. The maximum Gasteiger partial charge on any atom is 0.341 e. The molecule has 1 saturated heterocycles. The molecule has 0 unspecified atom stereocenters. The van der Waals surface area contributed by atoms with Crippen LogP contribution in [0, 0.1) is 16.0 Å². The quantitative estimate of drug-likeness (QED) is 0.403. The number of rotatable bonds is 7. The van der Waals surface area contributed by atoms with Crippen molar-refractivity contribution in [3.8, 4) is 0 Å². The average molecular weight is 406 g/mol. The van der Waals surface area contributed by atoms with Crippen LogP contribution in [0.4, 0.5) is 16.2 Å². The zero-order valence-corrected chi connectivity index (χ0v) is 16.6. The van der Waals surface area contributed by atoms with Gasteiger partial charge in [-0.05, 0) is 31.2 Å². The summed E-state index contributed by atoms with van der Waals surface area (Å²) in [7, 11) is 0. The second-order valence-corrected chi connectivity index (χ2v) is 7.01. The highest BCUT2D eigenvalue weighted by Crippen LogP contribution is 2.29. The minimum atomic E-state index is -0.855. The van der Waals surface area contributed by atoms with E-state index in [9.17, 15) is 24.5 Å². The monoisotopic (exact) mass is 406 g/mol. The number of anilines is 1. The molecule has 0 spiro atoms. The number of hydrogen-bond donors (Lipinski definition) is 2. The number of hydrogen-bond acceptors (Lipinski definition) is 7. The van der Waals surface area contributed by atoms with E-state index in [4.69, 9.17) is 4.74 Å². The van der Waals surface area contributed by atoms with Gasteiger partial charge in [-0.15, -0.1) is 0 Å². The van der Waals surface area contributed by atoms with Crippen LogP contribution in [0.3, 0.4) is 0 Å². The number of imide groups is 1. The minimum Gasteiger partial charge on any atom is -0.452 e. The molecule has 10 heteroatoms. The van der Waals surface area contributed by atoms with E-state index in [0.29, 0.717) is 24.6 Å². The number of carbonyl (C=O) groups excluding carboxylic acids is 3. The number of ether oxygens (including phenoxy) is 1. The fourth-order valence-electron chi connectivity index (χ4n) is 2.98. The molecule has 1 aromatic rings. The molecule has 158 valence electrons. The Balaban J connectivity index is 2.08. The topological polar surface area (TPSA) is 131 Å². The molecule has 29 heavy (non-hydrogen) atoms. The molecule has 0 atom stereocenters. The predicted octanol–water partition coefficient (Wildman–Crippen LogP) is 2.22. The molecule has 0 aliphatic carbocycles. The number of esters is 1. The Kier molecular flexibility index (Phi) is 7.93. The molecule has 1 heterocycles. The van der Waals surface area contributed by atoms with Gasteiger partial charge >= 0.3 is 12.0 Å². The van der Waals surface area contributed by atoms with Crippen LogP contribution in [-0.2, 0) is 9.53 Å². The first-order valence-corrected chi connectivity index (χ1v) is 9.60. The summed E-state index contributed by atoms with van der Waals surface area (Å²) >= 11 is 0. The van der Waals surface area contributed by atoms with Gasteiger partial charge in [0.15, 0.2) is 6.61 Å². The maximum atomic E-state index is 12.6. The summed E-state index contributed by atoms with van der Waals surface area (Å²) in [5, 5.41) is 15.6. The Labute approximate surface area is 168 Å². The van der Waals surface area contributed by atoms with E-state index in [-0.39, 0.29) is 11.3 Å². The van der Waals surface area contributed by atoms with Crippen LogP contribution in [0.15, 0.2) is 18.2 Å². The summed E-state index contributed by atoms with van der Waals surface area (Å²) in [6.45, 7) is 5.19. The molecule has 0 aromatic heterocycles. The van der Waals surface area contributed by atoms with E-state index in [1.807, 2.05) is 17.1 Å². The lowest BCUT2D eigenvalue weighted by Gasteiger charge is -2.33. The Morgan fingerprint density at radius 2 is 1.97 bits per heavy atom. The van der Waals surface area contributed by atoms with Gasteiger partial charge < -0.3 is 15.0 Å². The predicted molar refractivity (Wildman–Crippen MR) is 106 cm³/mol. The lowest BCUT2D eigenvalue weighted by molar-refractivity contribution is -0.384. The zero-order chi connectivity index (χ0) is 21.4. The molecule has 3 amide bonds. The largest absolute Gasteiger partial charge is 0.452 e. The summed E-state index contributed by atoms with van der Waals surface area (Å²) in [5.74, 6) is -1.07. The van der Waals surface area contributed by atoms with Crippen LogP contribution in [0.25, 0.3) is 0 Å². The van der Waals surface area contributed by atoms with Gasteiger partial charge in [-0.25, -0.2) is 9.59 Å². The van der Waals surface area contributed by atoms with Gasteiger partial charge in [0.05, 0.1) is 16.2 Å². The van der Waals surface area contributed by atoms with Gasteiger partial charge in [0.25, 0.3) is 11.6 Å². The van der Waals surface area contributed by atoms with Crippen molar-refractivity contribution in [2.24, 2.45) is 5.92 Å². The molecule has 1 aliphatic rings. The van der Waals surface area contributed by atoms with Gasteiger partial charge in [-0.3, -0.25) is 20.2 Å². The molecule has 1 aliphatic heterocycles. The van der Waals surface area contributed by atoms with Crippen LogP contribution in [0.2, 0.25) is 0 Å². The fourth-order valence-corrected chi connectivity index (χ4v) is 2.98.